The van der Waals surface area contributed by atoms with Crippen LogP contribution < -0.4 is 0 Å². The van der Waals surface area contributed by atoms with Crippen LogP contribution in [0.1, 0.15) is 0 Å². The van der Waals surface area contributed by atoms with Gasteiger partial charge in [-0.15, -0.1) is 0 Å². The third-order valence-electron chi connectivity index (χ3n) is 0. The first-order chi connectivity index (χ1) is 7.15. The summed E-state index contributed by atoms with van der Waals surface area (Å²) >= 11 is 0. The summed E-state index contributed by atoms with van der Waals surface area (Å²) in [6.45, 7) is 29.9. The molecule has 0 heterocycles. The van der Waals surface area contributed by atoms with Crippen molar-refractivity contribution in [2.75, 3.05) is 0 Å². The first-order valence-corrected chi connectivity index (χ1v) is 20.7. The SMILES string of the molecule is C[SiH](C)C.C[SiH]C.C[Si](C)(C)C.C[Si](C)(C)C.[Rf]. The summed E-state index contributed by atoms with van der Waals surface area (Å²) in [4.78, 5) is 0. The van der Waals surface area contributed by atoms with Crippen LogP contribution in [0, 0.1) is 0 Å². The van der Waals surface area contributed by atoms with E-state index in [9.17, 15) is 0 Å². The topological polar surface area (TPSA) is 0 Å². The Bertz CT molecular complexity index is 99.2. The minimum atomic E-state index is -0.611. The van der Waals surface area contributed by atoms with Crippen molar-refractivity contribution in [3.63, 3.8) is 0 Å². The monoisotopic (exact) mass is 576 g/mol. The molecule has 0 amide bonds. The zero-order valence-electron chi connectivity index (χ0n) is 15.9. The zero-order chi connectivity index (χ0) is 15.3. The number of hydrogen-bond acceptors (Lipinski definition) is 0. The van der Waals surface area contributed by atoms with E-state index in [4.69, 9.17) is 0 Å². The van der Waals surface area contributed by atoms with Crippen LogP contribution in [-0.4, -0.2) is 34.5 Å². The van der Waals surface area contributed by atoms with Crippen molar-refractivity contribution in [3.05, 3.63) is 0 Å². The summed E-state index contributed by atoms with van der Waals surface area (Å²) in [5.41, 5.74) is 0. The Hall–Kier alpha value is -0.132. The molecule has 0 bridgehead atoms. The van der Waals surface area contributed by atoms with E-state index in [0.717, 1.165) is 9.52 Å². The van der Waals surface area contributed by atoms with Crippen LogP contribution in [0.5, 0.6) is 0 Å². The zero-order valence-corrected chi connectivity index (χ0v) is 26.6. The number of rotatable bonds is 0. The predicted molar refractivity (Wildman–Crippen MR) is 102 cm³/mol. The standard InChI is InChI=1S/2C4H12Si.C3H10Si.C2H7Si.Rf/c2*1-5(2,3)4;1-4(2)3;1-3-2;/h2*1-4H3;4H,1-3H3;3H,1-2H3;. The molecular formula is C13H41RfSi4. The maximum Gasteiger partial charge on any atom is 0.0411 e. The molecule has 0 aliphatic carbocycles. The van der Waals surface area contributed by atoms with Gasteiger partial charge in [-0.05, 0) is 0 Å². The normalized spacial score (nSPS) is 9.67. The second-order valence-corrected chi connectivity index (χ2v) is 24.9. The van der Waals surface area contributed by atoms with Gasteiger partial charge in [0.1, 0.15) is 0 Å². The van der Waals surface area contributed by atoms with E-state index >= 15 is 0 Å². The van der Waals surface area contributed by atoms with Crippen molar-refractivity contribution >= 4 is 34.5 Å². The summed E-state index contributed by atoms with van der Waals surface area (Å²) in [6.07, 6.45) is 0. The maximum absolute atomic E-state index is 2.33. The van der Waals surface area contributed by atoms with E-state index in [1.807, 2.05) is 0 Å². The first kappa shape index (κ1) is 30.7. The third-order valence-corrected chi connectivity index (χ3v) is 0. The second-order valence-electron chi connectivity index (χ2n) is 8.31. The maximum atomic E-state index is 2.33. The molecule has 0 aromatic rings. The molecule has 0 saturated heterocycles. The van der Waals surface area contributed by atoms with Crippen LogP contribution in [-0.2, 0) is 0 Å². The quantitative estimate of drug-likeness (QED) is 0.333. The van der Waals surface area contributed by atoms with E-state index in [0.29, 0.717) is 0 Å². The second kappa shape index (κ2) is 16.9. The van der Waals surface area contributed by atoms with Gasteiger partial charge < -0.3 is 0 Å². The summed E-state index contributed by atoms with van der Waals surface area (Å²) in [7, 11) is -0.611. The van der Waals surface area contributed by atoms with Gasteiger partial charge in [-0.25, -0.2) is 0 Å². The van der Waals surface area contributed by atoms with Gasteiger partial charge in [0.15, 0.2) is 0 Å². The van der Waals surface area contributed by atoms with Crippen molar-refractivity contribution in [3.8, 4) is 0 Å². The fourth-order valence-electron chi connectivity index (χ4n) is 0. The van der Waals surface area contributed by atoms with E-state index in [2.05, 4.69) is 85.1 Å². The van der Waals surface area contributed by atoms with Gasteiger partial charge in [0.25, 0.3) is 0 Å². The molecule has 111 valence electrons. The van der Waals surface area contributed by atoms with E-state index in [1.54, 1.807) is 0 Å². The van der Waals surface area contributed by atoms with Crippen LogP contribution in [0.15, 0.2) is 0 Å². The van der Waals surface area contributed by atoms with Crippen molar-refractivity contribution in [1.29, 1.82) is 0 Å². The molecule has 0 aromatic carbocycles. The molecule has 0 aromatic heterocycles. The predicted octanol–water partition coefficient (Wildman–Crippen LogP) is 5.53. The van der Waals surface area contributed by atoms with E-state index in [1.165, 1.54) is 0 Å². The molecule has 0 saturated carbocycles. The average Bonchev–Trinajstić information content (AvgIpc) is 1.74. The Morgan fingerprint density at radius 3 is 0.611 bits per heavy atom. The molecular weight excluding hydrogens is 535 g/mol. The van der Waals surface area contributed by atoms with Gasteiger partial charge in [-0.1, -0.05) is 85.1 Å². The Labute approximate surface area is 119 Å². The van der Waals surface area contributed by atoms with Crippen LogP contribution >= 0.6 is 0 Å². The Balaban J connectivity index is -0.0000000417. The van der Waals surface area contributed by atoms with Gasteiger partial charge in [0.2, 0.25) is 0 Å². The molecule has 0 N–H and O–H groups in total. The van der Waals surface area contributed by atoms with Gasteiger partial charge >= 0.3 is 0 Å². The Morgan fingerprint density at radius 2 is 0.611 bits per heavy atom. The van der Waals surface area contributed by atoms with Crippen molar-refractivity contribution in [2.24, 2.45) is 0 Å². The van der Waals surface area contributed by atoms with Crippen LogP contribution in [0.4, 0.5) is 0 Å². The first-order valence-electron chi connectivity index (χ1n) is 6.89. The fraction of sp³-hybridized carbons (Fsp3) is 1.00. The van der Waals surface area contributed by atoms with Crippen molar-refractivity contribution in [2.45, 2.75) is 85.1 Å². The smallest absolute Gasteiger partial charge is 0.0411 e. The number of hydrogen-bond donors (Lipinski definition) is 0. The summed E-state index contributed by atoms with van der Waals surface area (Å²) in [5, 5.41) is 0. The Morgan fingerprint density at radius 1 is 0.611 bits per heavy atom. The average molecular weight is 577 g/mol. The van der Waals surface area contributed by atoms with Gasteiger partial charge in [0, 0.05) is 34.5 Å². The van der Waals surface area contributed by atoms with Crippen molar-refractivity contribution < 1.29 is 0 Å². The molecule has 0 aliphatic heterocycles. The molecule has 0 nitrogen and oxygen atoms in total. The molecule has 18 heavy (non-hydrogen) atoms. The molecule has 0 rings (SSSR count). The Kier molecular flexibility index (Phi) is 28.8. The van der Waals surface area contributed by atoms with Gasteiger partial charge in [0.05, 0.1) is 0 Å². The summed E-state index contributed by atoms with van der Waals surface area (Å²) < 4.78 is 0. The minimum absolute atomic E-state index is 0. The van der Waals surface area contributed by atoms with Crippen molar-refractivity contribution in [1.82, 2.24) is 0 Å². The molecule has 0 unspecified atom stereocenters. The minimum Gasteiger partial charge on any atom is -0.0743 e. The van der Waals surface area contributed by atoms with E-state index in [-0.39, 0.29) is 8.80 Å². The van der Waals surface area contributed by atoms with Crippen LogP contribution in [0.25, 0.3) is 0 Å². The summed E-state index contributed by atoms with van der Waals surface area (Å²) in [5.74, 6) is 0. The molecule has 0 spiro atoms. The molecule has 5 heteroatoms. The molecule has 0 atom stereocenters. The van der Waals surface area contributed by atoms with Gasteiger partial charge in [-0.3, -0.25) is 0 Å². The third kappa shape index (κ3) is 200000. The molecule has 1 radical (unpaired) electrons. The van der Waals surface area contributed by atoms with E-state index < -0.39 is 16.1 Å². The molecule has 0 aliphatic rings. The van der Waals surface area contributed by atoms with Crippen LogP contribution in [0.3, 0.4) is 0 Å². The summed E-state index contributed by atoms with van der Waals surface area (Å²) in [6, 6.07) is 0. The van der Waals surface area contributed by atoms with Gasteiger partial charge in [-0.2, -0.15) is 0 Å². The van der Waals surface area contributed by atoms with Crippen LogP contribution in [0.2, 0.25) is 85.1 Å². The fourth-order valence-corrected chi connectivity index (χ4v) is 0. The largest absolute Gasteiger partial charge is 0.0743 e. The molecule has 0 fully saturated rings.